The molecule has 0 aliphatic carbocycles. The quantitative estimate of drug-likeness (QED) is 0.337. The number of halogens is 4. The normalized spacial score (nSPS) is 12.4. The van der Waals surface area contributed by atoms with Crippen LogP contribution in [0.2, 0.25) is 0 Å². The van der Waals surface area contributed by atoms with E-state index in [-0.39, 0.29) is 23.1 Å². The van der Waals surface area contributed by atoms with E-state index in [2.05, 4.69) is 27.0 Å². The molecule has 0 spiro atoms. The van der Waals surface area contributed by atoms with Gasteiger partial charge in [-0.25, -0.2) is 9.37 Å². The summed E-state index contributed by atoms with van der Waals surface area (Å²) in [4.78, 5) is 8.10. The Labute approximate surface area is 191 Å². The first-order valence-electron chi connectivity index (χ1n) is 10.1. The molecular weight excluding hydrogens is 452 g/mol. The molecule has 0 saturated heterocycles. The van der Waals surface area contributed by atoms with Gasteiger partial charge in [0.15, 0.2) is 5.69 Å². The zero-order chi connectivity index (χ0) is 24.6. The summed E-state index contributed by atoms with van der Waals surface area (Å²) >= 11 is 0. The first kappa shape index (κ1) is 23.2. The van der Waals surface area contributed by atoms with Crippen molar-refractivity contribution in [2.45, 2.75) is 26.1 Å². The molecule has 1 N–H and O–H groups in total. The van der Waals surface area contributed by atoms with Gasteiger partial charge in [0.25, 0.3) is 5.89 Å². The highest BCUT2D eigenvalue weighted by molar-refractivity contribution is 5.70. The molecular formula is C24H18F4N4O2. The molecule has 4 rings (SSSR count). The topological polar surface area (TPSA) is 77.0 Å². The lowest BCUT2D eigenvalue weighted by molar-refractivity contribution is -0.140. The third kappa shape index (κ3) is 4.70. The third-order valence-corrected chi connectivity index (χ3v) is 4.95. The average molecular weight is 470 g/mol. The number of aliphatic hydroxyl groups excluding tert-OH is 1. The molecule has 0 radical (unpaired) electrons. The van der Waals surface area contributed by atoms with Crippen LogP contribution in [0.15, 0.2) is 47.1 Å². The van der Waals surface area contributed by atoms with Crippen LogP contribution in [0.3, 0.4) is 0 Å². The minimum atomic E-state index is -4.54. The van der Waals surface area contributed by atoms with E-state index < -0.39 is 23.8 Å². The second-order valence-corrected chi connectivity index (χ2v) is 7.65. The number of aromatic nitrogens is 4. The maximum atomic E-state index is 13.7. The number of aliphatic hydroxyl groups is 1. The molecule has 6 nitrogen and oxygen atoms in total. The SMILES string of the molecule is Cc1cc(-c2nc(C(F)(F)F)cn2C)ccc1-c1noc(-c2ccc(F)cc2C#C[C@@H](C)O)n1. The smallest absolute Gasteiger partial charge is 0.381 e. The zero-order valence-electron chi connectivity index (χ0n) is 18.3. The van der Waals surface area contributed by atoms with Crippen LogP contribution in [0.4, 0.5) is 17.6 Å². The summed E-state index contributed by atoms with van der Waals surface area (Å²) in [6.45, 7) is 3.25. The largest absolute Gasteiger partial charge is 0.434 e. The van der Waals surface area contributed by atoms with E-state index >= 15 is 0 Å². The van der Waals surface area contributed by atoms with E-state index in [0.717, 1.165) is 6.20 Å². The third-order valence-electron chi connectivity index (χ3n) is 4.95. The molecule has 1 atom stereocenters. The molecule has 0 saturated carbocycles. The summed E-state index contributed by atoms with van der Waals surface area (Å²) in [6, 6.07) is 8.86. The molecule has 0 aliphatic heterocycles. The predicted octanol–water partition coefficient (Wildman–Crippen LogP) is 5.00. The Morgan fingerprint density at radius 2 is 1.82 bits per heavy atom. The van der Waals surface area contributed by atoms with Gasteiger partial charge in [0.2, 0.25) is 5.82 Å². The molecule has 174 valence electrons. The van der Waals surface area contributed by atoms with Crippen LogP contribution in [0.25, 0.3) is 34.2 Å². The number of rotatable bonds is 3. The molecule has 0 bridgehead atoms. The molecule has 0 fully saturated rings. The van der Waals surface area contributed by atoms with Crippen molar-refractivity contribution >= 4 is 0 Å². The first-order chi connectivity index (χ1) is 16.0. The second kappa shape index (κ2) is 8.76. The monoisotopic (exact) mass is 470 g/mol. The van der Waals surface area contributed by atoms with Crippen LogP contribution in [-0.4, -0.2) is 30.9 Å². The van der Waals surface area contributed by atoms with Gasteiger partial charge in [-0.15, -0.1) is 0 Å². The fourth-order valence-corrected chi connectivity index (χ4v) is 3.36. The highest BCUT2D eigenvalue weighted by atomic mass is 19.4. The Balaban J connectivity index is 1.69. The lowest BCUT2D eigenvalue weighted by atomic mass is 10.0. The summed E-state index contributed by atoms with van der Waals surface area (Å²) in [5.74, 6) is 5.26. The van der Waals surface area contributed by atoms with Gasteiger partial charge in [-0.1, -0.05) is 29.1 Å². The number of hydrogen-bond acceptors (Lipinski definition) is 5. The zero-order valence-corrected chi connectivity index (χ0v) is 18.3. The molecule has 4 aromatic rings. The van der Waals surface area contributed by atoms with Crippen LogP contribution in [-0.2, 0) is 13.2 Å². The fraction of sp³-hybridized carbons (Fsp3) is 0.208. The number of alkyl halides is 3. The maximum Gasteiger partial charge on any atom is 0.434 e. The molecule has 0 unspecified atom stereocenters. The van der Waals surface area contributed by atoms with E-state index in [1.54, 1.807) is 25.1 Å². The van der Waals surface area contributed by atoms with Crippen LogP contribution < -0.4 is 0 Å². The molecule has 0 amide bonds. The van der Waals surface area contributed by atoms with Gasteiger partial charge in [-0.2, -0.15) is 18.2 Å². The summed E-state index contributed by atoms with van der Waals surface area (Å²) < 4.78 is 59.4. The Kier molecular flexibility index (Phi) is 5.98. The summed E-state index contributed by atoms with van der Waals surface area (Å²) in [6.07, 6.45) is -4.50. The number of benzene rings is 2. The van der Waals surface area contributed by atoms with E-state index in [4.69, 9.17) is 4.52 Å². The van der Waals surface area contributed by atoms with Crippen molar-refractivity contribution in [3.63, 3.8) is 0 Å². The van der Waals surface area contributed by atoms with E-state index in [0.29, 0.717) is 22.3 Å². The standard InChI is InChI=1S/C24H18F4N4O2/c1-13-10-16(22-29-20(12-32(22)3)24(26,27)28)6-8-18(13)21-30-23(34-31-21)19-9-7-17(25)11-15(19)5-4-14(2)33/h6-12,14,33H,1-3H3/t14-/m1/s1. The highest BCUT2D eigenvalue weighted by Crippen LogP contribution is 2.33. The number of hydrogen-bond donors (Lipinski definition) is 1. The Hall–Kier alpha value is -3.97. The molecule has 2 heterocycles. The Morgan fingerprint density at radius 1 is 1.09 bits per heavy atom. The average Bonchev–Trinajstić information content (AvgIpc) is 3.39. The minimum Gasteiger partial charge on any atom is -0.381 e. The van der Waals surface area contributed by atoms with Crippen molar-refractivity contribution in [3.8, 4) is 46.1 Å². The molecule has 2 aromatic carbocycles. The fourth-order valence-electron chi connectivity index (χ4n) is 3.36. The van der Waals surface area contributed by atoms with Crippen molar-refractivity contribution < 1.29 is 27.2 Å². The number of imidazole rings is 1. The van der Waals surface area contributed by atoms with Crippen molar-refractivity contribution in [1.82, 2.24) is 19.7 Å². The summed E-state index contributed by atoms with van der Waals surface area (Å²) in [7, 11) is 1.49. The molecule has 0 aliphatic rings. The molecule has 34 heavy (non-hydrogen) atoms. The van der Waals surface area contributed by atoms with Crippen LogP contribution in [0.5, 0.6) is 0 Å². The van der Waals surface area contributed by atoms with Gasteiger partial charge in [-0.05, 0) is 43.7 Å². The Bertz CT molecular complexity index is 1420. The van der Waals surface area contributed by atoms with Crippen molar-refractivity contribution in [2.24, 2.45) is 7.05 Å². The number of nitrogens with zero attached hydrogens (tertiary/aromatic N) is 4. The van der Waals surface area contributed by atoms with Crippen molar-refractivity contribution in [1.29, 1.82) is 0 Å². The predicted molar refractivity (Wildman–Crippen MR) is 116 cm³/mol. The summed E-state index contributed by atoms with van der Waals surface area (Å²) in [5.41, 5.74) is 1.49. The van der Waals surface area contributed by atoms with E-state index in [9.17, 15) is 22.7 Å². The summed E-state index contributed by atoms with van der Waals surface area (Å²) in [5, 5.41) is 13.4. The highest BCUT2D eigenvalue weighted by Gasteiger charge is 2.34. The van der Waals surface area contributed by atoms with Crippen LogP contribution in [0, 0.1) is 24.6 Å². The van der Waals surface area contributed by atoms with Gasteiger partial charge in [-0.3, -0.25) is 0 Å². The van der Waals surface area contributed by atoms with Gasteiger partial charge in [0.05, 0.1) is 5.56 Å². The van der Waals surface area contributed by atoms with Gasteiger partial charge in [0.1, 0.15) is 17.7 Å². The molecule has 2 aromatic heterocycles. The lowest BCUT2D eigenvalue weighted by Gasteiger charge is -2.06. The second-order valence-electron chi connectivity index (χ2n) is 7.65. The van der Waals surface area contributed by atoms with Crippen molar-refractivity contribution in [2.75, 3.05) is 0 Å². The van der Waals surface area contributed by atoms with Gasteiger partial charge in [0, 0.05) is 29.9 Å². The molecule has 10 heteroatoms. The lowest BCUT2D eigenvalue weighted by Crippen LogP contribution is -2.04. The van der Waals surface area contributed by atoms with E-state index in [1.165, 1.54) is 36.7 Å². The first-order valence-corrected chi connectivity index (χ1v) is 10.1. The Morgan fingerprint density at radius 3 is 2.47 bits per heavy atom. The van der Waals surface area contributed by atoms with E-state index in [1.807, 2.05) is 0 Å². The minimum absolute atomic E-state index is 0.104. The van der Waals surface area contributed by atoms with Gasteiger partial charge < -0.3 is 14.2 Å². The van der Waals surface area contributed by atoms with Crippen LogP contribution in [0.1, 0.15) is 23.7 Å². The number of aryl methyl sites for hydroxylation is 2. The van der Waals surface area contributed by atoms with Crippen LogP contribution >= 0.6 is 0 Å². The van der Waals surface area contributed by atoms with Crippen molar-refractivity contribution in [3.05, 3.63) is 65.2 Å². The van der Waals surface area contributed by atoms with Gasteiger partial charge >= 0.3 is 6.18 Å². The maximum absolute atomic E-state index is 13.7.